The van der Waals surface area contributed by atoms with Crippen molar-refractivity contribution < 1.29 is 19.0 Å². The molecule has 8 heteroatoms. The van der Waals surface area contributed by atoms with Gasteiger partial charge >= 0.3 is 0 Å². The van der Waals surface area contributed by atoms with Crippen molar-refractivity contribution >= 4 is 17.4 Å². The van der Waals surface area contributed by atoms with Gasteiger partial charge in [0.05, 0.1) is 33.1 Å². The fraction of sp³-hybridized carbons (Fsp3) is 0.261. The number of carbonyl (C=O) groups is 1. The van der Waals surface area contributed by atoms with Gasteiger partial charge in [-0.3, -0.25) is 4.79 Å². The van der Waals surface area contributed by atoms with Crippen LogP contribution in [0.25, 0.3) is 11.3 Å². The summed E-state index contributed by atoms with van der Waals surface area (Å²) in [5.41, 5.74) is 2.68. The van der Waals surface area contributed by atoms with Crippen LogP contribution in [-0.4, -0.2) is 56.6 Å². The summed E-state index contributed by atoms with van der Waals surface area (Å²) in [4.78, 5) is 15.0. The van der Waals surface area contributed by atoms with Crippen molar-refractivity contribution in [3.8, 4) is 22.8 Å². The predicted octanol–water partition coefficient (Wildman–Crippen LogP) is 3.25. The van der Waals surface area contributed by atoms with E-state index in [0.717, 1.165) is 30.2 Å². The minimum absolute atomic E-state index is 0.309. The van der Waals surface area contributed by atoms with Crippen LogP contribution in [0.1, 0.15) is 10.4 Å². The average molecular weight is 420 g/mol. The Bertz CT molecular complexity index is 1010. The van der Waals surface area contributed by atoms with Crippen molar-refractivity contribution in [2.75, 3.05) is 50.7 Å². The maximum absolute atomic E-state index is 12.8. The molecule has 0 bridgehead atoms. The lowest BCUT2D eigenvalue weighted by Crippen LogP contribution is -2.36. The quantitative estimate of drug-likeness (QED) is 0.655. The number of methoxy groups -OCH3 is 2. The molecule has 1 N–H and O–H groups in total. The van der Waals surface area contributed by atoms with Crippen LogP contribution in [0, 0.1) is 0 Å². The summed E-state index contributed by atoms with van der Waals surface area (Å²) in [5.74, 6) is 1.44. The van der Waals surface area contributed by atoms with Crippen molar-refractivity contribution in [3.63, 3.8) is 0 Å². The second-order valence-corrected chi connectivity index (χ2v) is 6.95. The molecule has 1 saturated heterocycles. The lowest BCUT2D eigenvalue weighted by Gasteiger charge is -2.27. The van der Waals surface area contributed by atoms with E-state index >= 15 is 0 Å². The zero-order valence-electron chi connectivity index (χ0n) is 17.5. The molecule has 160 valence electrons. The normalized spacial score (nSPS) is 13.5. The SMILES string of the molecule is COc1cccc(OC)c1C(=O)Nc1ccc(-c2ccc(N3CCOCC3)nn2)cc1. The molecule has 0 radical (unpaired) electrons. The number of aromatic nitrogens is 2. The summed E-state index contributed by atoms with van der Waals surface area (Å²) in [6.45, 7) is 3.05. The van der Waals surface area contributed by atoms with Gasteiger partial charge in [-0.05, 0) is 36.4 Å². The van der Waals surface area contributed by atoms with Crippen molar-refractivity contribution in [3.05, 3.63) is 60.2 Å². The molecule has 0 saturated carbocycles. The monoisotopic (exact) mass is 420 g/mol. The molecule has 2 heterocycles. The summed E-state index contributed by atoms with van der Waals surface area (Å²) < 4.78 is 16.0. The molecule has 0 atom stereocenters. The van der Waals surface area contributed by atoms with Crippen LogP contribution in [-0.2, 0) is 4.74 Å². The van der Waals surface area contributed by atoms with E-state index in [0.29, 0.717) is 36.0 Å². The fourth-order valence-corrected chi connectivity index (χ4v) is 3.43. The second-order valence-electron chi connectivity index (χ2n) is 6.95. The summed E-state index contributed by atoms with van der Waals surface area (Å²) >= 11 is 0. The topological polar surface area (TPSA) is 85.8 Å². The number of hydrogen-bond donors (Lipinski definition) is 1. The number of ether oxygens (including phenoxy) is 3. The number of hydrogen-bond acceptors (Lipinski definition) is 7. The Hall–Kier alpha value is -3.65. The molecule has 1 amide bonds. The van der Waals surface area contributed by atoms with E-state index < -0.39 is 0 Å². The lowest BCUT2D eigenvalue weighted by molar-refractivity contribution is 0.102. The van der Waals surface area contributed by atoms with Gasteiger partial charge in [-0.1, -0.05) is 18.2 Å². The molecule has 1 aromatic heterocycles. The third-order valence-electron chi connectivity index (χ3n) is 5.08. The summed E-state index contributed by atoms with van der Waals surface area (Å²) in [5, 5.41) is 11.6. The third kappa shape index (κ3) is 4.59. The Morgan fingerprint density at radius 1 is 0.935 bits per heavy atom. The van der Waals surface area contributed by atoms with E-state index in [2.05, 4.69) is 20.4 Å². The molecule has 8 nitrogen and oxygen atoms in total. The molecule has 0 unspecified atom stereocenters. The van der Waals surface area contributed by atoms with Crippen LogP contribution in [0.4, 0.5) is 11.5 Å². The maximum atomic E-state index is 12.8. The standard InChI is InChI=1S/C23H24N4O4/c1-29-19-4-3-5-20(30-2)22(19)23(28)24-17-8-6-16(7-9-17)18-10-11-21(26-25-18)27-12-14-31-15-13-27/h3-11H,12-15H2,1-2H3,(H,24,28). The molecule has 1 aliphatic rings. The van der Waals surface area contributed by atoms with Gasteiger partial charge in [0.1, 0.15) is 17.1 Å². The highest BCUT2D eigenvalue weighted by Crippen LogP contribution is 2.29. The van der Waals surface area contributed by atoms with Gasteiger partial charge in [-0.2, -0.15) is 0 Å². The van der Waals surface area contributed by atoms with E-state index in [1.54, 1.807) is 18.2 Å². The van der Waals surface area contributed by atoms with Crippen molar-refractivity contribution in [2.24, 2.45) is 0 Å². The second kappa shape index (κ2) is 9.44. The average Bonchev–Trinajstić information content (AvgIpc) is 2.84. The van der Waals surface area contributed by atoms with Gasteiger partial charge in [0.15, 0.2) is 5.82 Å². The Balaban J connectivity index is 1.47. The van der Waals surface area contributed by atoms with Gasteiger partial charge in [0, 0.05) is 24.3 Å². The van der Waals surface area contributed by atoms with Crippen LogP contribution in [0.5, 0.6) is 11.5 Å². The Kier molecular flexibility index (Phi) is 6.28. The smallest absolute Gasteiger partial charge is 0.263 e. The van der Waals surface area contributed by atoms with E-state index in [1.165, 1.54) is 14.2 Å². The Morgan fingerprint density at radius 3 is 2.19 bits per heavy atom. The van der Waals surface area contributed by atoms with E-state index in [1.807, 2.05) is 36.4 Å². The number of carbonyl (C=O) groups excluding carboxylic acids is 1. The van der Waals surface area contributed by atoms with Crippen molar-refractivity contribution in [1.29, 1.82) is 0 Å². The summed E-state index contributed by atoms with van der Waals surface area (Å²) in [6.07, 6.45) is 0. The fourth-order valence-electron chi connectivity index (χ4n) is 3.43. The molecule has 31 heavy (non-hydrogen) atoms. The van der Waals surface area contributed by atoms with E-state index in [-0.39, 0.29) is 5.91 Å². The number of nitrogens with one attached hydrogen (secondary N) is 1. The van der Waals surface area contributed by atoms with Gasteiger partial charge in [-0.15, -0.1) is 10.2 Å². The zero-order valence-corrected chi connectivity index (χ0v) is 17.5. The number of anilines is 2. The minimum atomic E-state index is -0.309. The minimum Gasteiger partial charge on any atom is -0.496 e. The maximum Gasteiger partial charge on any atom is 0.263 e. The molecule has 0 aliphatic carbocycles. The highest BCUT2D eigenvalue weighted by molar-refractivity contribution is 6.08. The van der Waals surface area contributed by atoms with Gasteiger partial charge in [0.2, 0.25) is 0 Å². The Morgan fingerprint density at radius 2 is 1.61 bits per heavy atom. The molecule has 1 fully saturated rings. The number of amides is 1. The Labute approximate surface area is 180 Å². The van der Waals surface area contributed by atoms with E-state index in [4.69, 9.17) is 14.2 Å². The predicted molar refractivity (Wildman–Crippen MR) is 118 cm³/mol. The molecular weight excluding hydrogens is 396 g/mol. The highest BCUT2D eigenvalue weighted by Gasteiger charge is 2.18. The number of rotatable bonds is 6. The first-order valence-corrected chi connectivity index (χ1v) is 9.99. The summed E-state index contributed by atoms with van der Waals surface area (Å²) in [7, 11) is 3.04. The number of nitrogens with zero attached hydrogens (tertiary/aromatic N) is 3. The molecule has 2 aromatic carbocycles. The van der Waals surface area contributed by atoms with Crippen LogP contribution >= 0.6 is 0 Å². The molecule has 4 rings (SSSR count). The van der Waals surface area contributed by atoms with E-state index in [9.17, 15) is 4.79 Å². The third-order valence-corrected chi connectivity index (χ3v) is 5.08. The van der Waals surface area contributed by atoms with Crippen LogP contribution < -0.4 is 19.7 Å². The highest BCUT2D eigenvalue weighted by atomic mass is 16.5. The largest absolute Gasteiger partial charge is 0.496 e. The van der Waals surface area contributed by atoms with Crippen LogP contribution in [0.2, 0.25) is 0 Å². The zero-order chi connectivity index (χ0) is 21.6. The molecular formula is C23H24N4O4. The first-order valence-electron chi connectivity index (χ1n) is 9.99. The number of morpholine rings is 1. The number of benzene rings is 2. The molecule has 1 aliphatic heterocycles. The van der Waals surface area contributed by atoms with Gasteiger partial charge < -0.3 is 24.4 Å². The van der Waals surface area contributed by atoms with Crippen LogP contribution in [0.15, 0.2) is 54.6 Å². The van der Waals surface area contributed by atoms with Gasteiger partial charge in [-0.25, -0.2) is 0 Å². The van der Waals surface area contributed by atoms with Gasteiger partial charge in [0.25, 0.3) is 5.91 Å². The molecule has 3 aromatic rings. The lowest BCUT2D eigenvalue weighted by atomic mass is 10.1. The van der Waals surface area contributed by atoms with Crippen LogP contribution in [0.3, 0.4) is 0 Å². The van der Waals surface area contributed by atoms with Crippen molar-refractivity contribution in [1.82, 2.24) is 10.2 Å². The first kappa shape index (κ1) is 20.6. The molecule has 0 spiro atoms. The van der Waals surface area contributed by atoms with Crippen molar-refractivity contribution in [2.45, 2.75) is 0 Å². The first-order chi connectivity index (χ1) is 15.2. The summed E-state index contributed by atoms with van der Waals surface area (Å²) in [6, 6.07) is 16.6.